The van der Waals surface area contributed by atoms with Crippen LogP contribution in [0.2, 0.25) is 0 Å². The van der Waals surface area contributed by atoms with Crippen molar-refractivity contribution in [2.75, 3.05) is 24.8 Å². The van der Waals surface area contributed by atoms with Gasteiger partial charge in [-0.3, -0.25) is 4.79 Å². The van der Waals surface area contributed by atoms with Crippen LogP contribution in [-0.2, 0) is 0 Å². The van der Waals surface area contributed by atoms with Crippen molar-refractivity contribution in [3.63, 3.8) is 0 Å². The standard InChI is InChI=1S/C15H14F2N2O2/c1-18-14-10(4-3-5-12(14)17)15(20)19-9-6-7-11(16)13(8-9)21-2/h3-8,18H,1-2H3,(H,19,20). The molecule has 1 amide bonds. The summed E-state index contributed by atoms with van der Waals surface area (Å²) in [5.74, 6) is -1.55. The molecule has 0 bridgehead atoms. The molecule has 0 saturated heterocycles. The van der Waals surface area contributed by atoms with Gasteiger partial charge in [-0.25, -0.2) is 8.78 Å². The molecule has 0 spiro atoms. The van der Waals surface area contributed by atoms with E-state index >= 15 is 0 Å². The zero-order valence-electron chi connectivity index (χ0n) is 11.5. The lowest BCUT2D eigenvalue weighted by Gasteiger charge is -2.11. The molecule has 0 fully saturated rings. The summed E-state index contributed by atoms with van der Waals surface area (Å²) in [6.45, 7) is 0. The Morgan fingerprint density at radius 3 is 2.57 bits per heavy atom. The van der Waals surface area contributed by atoms with E-state index in [0.717, 1.165) is 0 Å². The van der Waals surface area contributed by atoms with E-state index < -0.39 is 17.5 Å². The van der Waals surface area contributed by atoms with Gasteiger partial charge in [-0.05, 0) is 24.3 Å². The molecule has 6 heteroatoms. The molecule has 0 saturated carbocycles. The molecular weight excluding hydrogens is 278 g/mol. The Kier molecular flexibility index (Phi) is 4.37. The zero-order valence-corrected chi connectivity index (χ0v) is 11.5. The molecular formula is C15H14F2N2O2. The maximum Gasteiger partial charge on any atom is 0.257 e. The molecule has 2 aromatic carbocycles. The number of amides is 1. The number of nitrogens with one attached hydrogen (secondary N) is 2. The highest BCUT2D eigenvalue weighted by atomic mass is 19.1. The molecule has 21 heavy (non-hydrogen) atoms. The zero-order chi connectivity index (χ0) is 15.4. The smallest absolute Gasteiger partial charge is 0.257 e. The van der Waals surface area contributed by atoms with Crippen LogP contribution < -0.4 is 15.4 Å². The maximum absolute atomic E-state index is 13.6. The average molecular weight is 292 g/mol. The Balaban J connectivity index is 2.28. The number of benzene rings is 2. The second kappa shape index (κ2) is 6.21. The molecule has 0 aliphatic rings. The Hall–Kier alpha value is -2.63. The average Bonchev–Trinajstić information content (AvgIpc) is 2.48. The summed E-state index contributed by atoms with van der Waals surface area (Å²) in [4.78, 5) is 12.2. The van der Waals surface area contributed by atoms with Crippen LogP contribution in [0.15, 0.2) is 36.4 Å². The number of methoxy groups -OCH3 is 1. The fourth-order valence-electron chi connectivity index (χ4n) is 1.90. The van der Waals surface area contributed by atoms with Crippen LogP contribution in [0, 0.1) is 11.6 Å². The highest BCUT2D eigenvalue weighted by Gasteiger charge is 2.15. The molecule has 0 aromatic heterocycles. The summed E-state index contributed by atoms with van der Waals surface area (Å²) in [5.41, 5.74) is 0.606. The summed E-state index contributed by atoms with van der Waals surface area (Å²) >= 11 is 0. The van der Waals surface area contributed by atoms with Crippen molar-refractivity contribution in [1.29, 1.82) is 0 Å². The summed E-state index contributed by atoms with van der Waals surface area (Å²) in [6, 6.07) is 8.11. The van der Waals surface area contributed by atoms with Crippen molar-refractivity contribution in [1.82, 2.24) is 0 Å². The van der Waals surface area contributed by atoms with Crippen molar-refractivity contribution >= 4 is 17.3 Å². The van der Waals surface area contributed by atoms with Gasteiger partial charge in [-0.2, -0.15) is 0 Å². The van der Waals surface area contributed by atoms with Crippen LogP contribution in [-0.4, -0.2) is 20.1 Å². The van der Waals surface area contributed by atoms with Gasteiger partial charge in [0.15, 0.2) is 11.6 Å². The molecule has 2 rings (SSSR count). The Morgan fingerprint density at radius 1 is 1.14 bits per heavy atom. The van der Waals surface area contributed by atoms with Gasteiger partial charge in [-0.1, -0.05) is 6.07 Å². The summed E-state index contributed by atoms with van der Waals surface area (Å²) in [6.07, 6.45) is 0. The molecule has 2 N–H and O–H groups in total. The van der Waals surface area contributed by atoms with E-state index in [1.807, 2.05) is 0 Å². The van der Waals surface area contributed by atoms with Crippen LogP contribution in [0.5, 0.6) is 5.75 Å². The molecule has 0 atom stereocenters. The largest absolute Gasteiger partial charge is 0.494 e. The number of hydrogen-bond donors (Lipinski definition) is 2. The molecule has 0 radical (unpaired) electrons. The second-order valence-corrected chi connectivity index (χ2v) is 4.22. The van der Waals surface area contributed by atoms with E-state index in [2.05, 4.69) is 10.6 Å². The summed E-state index contributed by atoms with van der Waals surface area (Å²) in [5, 5.41) is 5.21. The lowest BCUT2D eigenvalue weighted by atomic mass is 10.1. The molecule has 0 aliphatic carbocycles. The van der Waals surface area contributed by atoms with Crippen molar-refractivity contribution in [2.24, 2.45) is 0 Å². The fraction of sp³-hybridized carbons (Fsp3) is 0.133. The van der Waals surface area contributed by atoms with E-state index in [9.17, 15) is 13.6 Å². The number of carbonyl (C=O) groups is 1. The fourth-order valence-corrected chi connectivity index (χ4v) is 1.90. The number of ether oxygens (including phenoxy) is 1. The van der Waals surface area contributed by atoms with Crippen molar-refractivity contribution in [3.05, 3.63) is 53.6 Å². The number of anilines is 2. The van der Waals surface area contributed by atoms with Crippen molar-refractivity contribution in [2.45, 2.75) is 0 Å². The first-order valence-electron chi connectivity index (χ1n) is 6.18. The van der Waals surface area contributed by atoms with Gasteiger partial charge in [0.05, 0.1) is 18.4 Å². The second-order valence-electron chi connectivity index (χ2n) is 4.22. The number of rotatable bonds is 4. The lowest BCUT2D eigenvalue weighted by Crippen LogP contribution is -2.15. The highest BCUT2D eigenvalue weighted by molar-refractivity contribution is 6.08. The molecule has 0 aliphatic heterocycles. The van der Waals surface area contributed by atoms with Crippen LogP contribution in [0.1, 0.15) is 10.4 Å². The van der Waals surface area contributed by atoms with Gasteiger partial charge in [0.2, 0.25) is 0 Å². The maximum atomic E-state index is 13.6. The third-order valence-corrected chi connectivity index (χ3v) is 2.92. The SMILES string of the molecule is CNc1c(F)cccc1C(=O)Nc1ccc(F)c(OC)c1. The Bertz CT molecular complexity index is 675. The van der Waals surface area contributed by atoms with Gasteiger partial charge in [0.1, 0.15) is 5.82 Å². The number of carbonyl (C=O) groups excluding carboxylic acids is 1. The van der Waals surface area contributed by atoms with Crippen molar-refractivity contribution < 1.29 is 18.3 Å². The van der Waals surface area contributed by atoms with E-state index in [4.69, 9.17) is 4.74 Å². The van der Waals surface area contributed by atoms with E-state index in [1.165, 1.54) is 50.6 Å². The van der Waals surface area contributed by atoms with Crippen LogP contribution in [0.4, 0.5) is 20.2 Å². The van der Waals surface area contributed by atoms with E-state index in [1.54, 1.807) is 0 Å². The first-order valence-corrected chi connectivity index (χ1v) is 6.18. The summed E-state index contributed by atoms with van der Waals surface area (Å²) in [7, 11) is 2.85. The number of halogens is 2. The normalized spacial score (nSPS) is 10.1. The minimum atomic E-state index is -0.530. The highest BCUT2D eigenvalue weighted by Crippen LogP contribution is 2.24. The predicted octanol–water partition coefficient (Wildman–Crippen LogP) is 3.27. The first kappa shape index (κ1) is 14.8. The molecule has 0 heterocycles. The van der Waals surface area contributed by atoms with Gasteiger partial charge >= 0.3 is 0 Å². The van der Waals surface area contributed by atoms with Crippen LogP contribution in [0.3, 0.4) is 0 Å². The van der Waals surface area contributed by atoms with Gasteiger partial charge < -0.3 is 15.4 Å². The third-order valence-electron chi connectivity index (χ3n) is 2.92. The first-order chi connectivity index (χ1) is 10.1. The van der Waals surface area contributed by atoms with Crippen LogP contribution >= 0.6 is 0 Å². The Labute approximate surface area is 120 Å². The van der Waals surface area contributed by atoms with Gasteiger partial charge in [0, 0.05) is 18.8 Å². The molecule has 110 valence electrons. The predicted molar refractivity (Wildman–Crippen MR) is 76.9 cm³/mol. The minimum absolute atomic E-state index is 0.0147. The van der Waals surface area contributed by atoms with Gasteiger partial charge in [-0.15, -0.1) is 0 Å². The van der Waals surface area contributed by atoms with Gasteiger partial charge in [0.25, 0.3) is 5.91 Å². The molecule has 0 unspecified atom stereocenters. The lowest BCUT2D eigenvalue weighted by molar-refractivity contribution is 0.102. The molecule has 2 aromatic rings. The monoisotopic (exact) mass is 292 g/mol. The summed E-state index contributed by atoms with van der Waals surface area (Å²) < 4.78 is 31.8. The van der Waals surface area contributed by atoms with Crippen LogP contribution in [0.25, 0.3) is 0 Å². The third kappa shape index (κ3) is 3.10. The minimum Gasteiger partial charge on any atom is -0.494 e. The quantitative estimate of drug-likeness (QED) is 0.909. The number of para-hydroxylation sites is 1. The Morgan fingerprint density at radius 2 is 1.90 bits per heavy atom. The molecule has 4 nitrogen and oxygen atoms in total. The van der Waals surface area contributed by atoms with Crippen molar-refractivity contribution in [3.8, 4) is 5.75 Å². The number of hydrogen-bond acceptors (Lipinski definition) is 3. The van der Waals surface area contributed by atoms with E-state index in [0.29, 0.717) is 5.69 Å². The van der Waals surface area contributed by atoms with E-state index in [-0.39, 0.29) is 17.0 Å². The topological polar surface area (TPSA) is 50.4 Å².